The third-order valence-electron chi connectivity index (χ3n) is 6.77. The van der Waals surface area contributed by atoms with E-state index in [1.165, 1.54) is 21.9 Å². The van der Waals surface area contributed by atoms with E-state index in [1.807, 2.05) is 25.1 Å². The number of benzene rings is 4. The number of hydrogen-bond acceptors (Lipinski definition) is 3. The first-order valence-electron chi connectivity index (χ1n) is 11.9. The number of piperidine rings is 1. The molecule has 3 atom stereocenters. The first-order chi connectivity index (χ1) is 16.2. The van der Waals surface area contributed by atoms with E-state index in [1.54, 1.807) is 0 Å². The number of rotatable bonds is 6. The van der Waals surface area contributed by atoms with Crippen LogP contribution in [0, 0.1) is 0 Å². The Labute approximate surface area is 196 Å². The topological polar surface area (TPSA) is 41.5 Å². The Bertz CT molecular complexity index is 1220. The van der Waals surface area contributed by atoms with Gasteiger partial charge in [0.05, 0.1) is 18.8 Å². The minimum Gasteiger partial charge on any atom is -0.389 e. The summed E-state index contributed by atoms with van der Waals surface area (Å²) in [6.07, 6.45) is 0.713. The van der Waals surface area contributed by atoms with Crippen LogP contribution in [0.4, 0.5) is 0 Å². The largest absolute Gasteiger partial charge is 0.389 e. The molecule has 0 bridgehead atoms. The standard InChI is InChI=1S/C30H31NO2/c1-21(32)27-8-4-5-9-28(27)24-12-14-25(15-13-24)29-16-17-31-19-30(29)33-20-22-10-11-23-6-2-3-7-26(23)18-22/h2-15,18,21,29-32H,16-17,19-20H2,1H3. The van der Waals surface area contributed by atoms with Gasteiger partial charge in [-0.25, -0.2) is 0 Å². The Kier molecular flexibility index (Phi) is 6.54. The summed E-state index contributed by atoms with van der Waals surface area (Å²) in [5.74, 6) is 0.368. The quantitative estimate of drug-likeness (QED) is 0.376. The zero-order valence-corrected chi connectivity index (χ0v) is 19.1. The van der Waals surface area contributed by atoms with Crippen LogP contribution in [0.5, 0.6) is 0 Å². The lowest BCUT2D eigenvalue weighted by Gasteiger charge is -2.32. The van der Waals surface area contributed by atoms with Gasteiger partial charge in [0.15, 0.2) is 0 Å². The van der Waals surface area contributed by atoms with Crippen molar-refractivity contribution >= 4 is 10.8 Å². The van der Waals surface area contributed by atoms with Crippen LogP contribution in [0.2, 0.25) is 0 Å². The monoisotopic (exact) mass is 437 g/mol. The van der Waals surface area contributed by atoms with Crippen molar-refractivity contribution in [2.24, 2.45) is 0 Å². The Morgan fingerprint density at radius 3 is 2.48 bits per heavy atom. The molecule has 1 heterocycles. The second-order valence-electron chi connectivity index (χ2n) is 9.02. The fourth-order valence-electron chi connectivity index (χ4n) is 4.95. The van der Waals surface area contributed by atoms with Gasteiger partial charge in [-0.3, -0.25) is 0 Å². The maximum absolute atomic E-state index is 10.1. The van der Waals surface area contributed by atoms with Crippen molar-refractivity contribution in [3.05, 3.63) is 108 Å². The van der Waals surface area contributed by atoms with Crippen molar-refractivity contribution in [3.63, 3.8) is 0 Å². The second kappa shape index (κ2) is 9.88. The molecule has 1 fully saturated rings. The van der Waals surface area contributed by atoms with Crippen molar-refractivity contribution in [2.45, 2.75) is 38.1 Å². The summed E-state index contributed by atoms with van der Waals surface area (Å²) < 4.78 is 6.45. The van der Waals surface area contributed by atoms with Crippen LogP contribution >= 0.6 is 0 Å². The van der Waals surface area contributed by atoms with Crippen molar-refractivity contribution < 1.29 is 9.84 Å². The zero-order chi connectivity index (χ0) is 22.6. The van der Waals surface area contributed by atoms with E-state index in [0.717, 1.165) is 36.2 Å². The molecule has 1 aliphatic rings. The zero-order valence-electron chi connectivity index (χ0n) is 19.1. The van der Waals surface area contributed by atoms with Gasteiger partial charge in [0.1, 0.15) is 0 Å². The fraction of sp³-hybridized carbons (Fsp3) is 0.267. The van der Waals surface area contributed by atoms with Crippen molar-refractivity contribution in [3.8, 4) is 11.1 Å². The van der Waals surface area contributed by atoms with Gasteiger partial charge in [0.2, 0.25) is 0 Å². The third kappa shape index (κ3) is 4.86. The number of nitrogens with one attached hydrogen (secondary N) is 1. The predicted molar refractivity (Wildman–Crippen MR) is 135 cm³/mol. The Morgan fingerprint density at radius 2 is 1.67 bits per heavy atom. The maximum Gasteiger partial charge on any atom is 0.0772 e. The number of aliphatic hydroxyl groups excluding tert-OH is 1. The second-order valence-corrected chi connectivity index (χ2v) is 9.02. The predicted octanol–water partition coefficient (Wildman–Crippen LogP) is 6.22. The summed E-state index contributed by atoms with van der Waals surface area (Å²) in [4.78, 5) is 0. The number of ether oxygens (including phenoxy) is 1. The summed E-state index contributed by atoms with van der Waals surface area (Å²) in [5.41, 5.74) is 5.72. The summed E-state index contributed by atoms with van der Waals surface area (Å²) in [6, 6.07) is 31.9. The Hall–Kier alpha value is -2.98. The summed E-state index contributed by atoms with van der Waals surface area (Å²) >= 11 is 0. The molecule has 5 rings (SSSR count). The van der Waals surface area contributed by atoms with Crippen LogP contribution in [0.1, 0.15) is 42.1 Å². The number of fused-ring (bicyclic) bond motifs is 1. The van der Waals surface area contributed by atoms with Crippen LogP contribution in [-0.4, -0.2) is 24.3 Å². The van der Waals surface area contributed by atoms with Gasteiger partial charge in [-0.15, -0.1) is 0 Å². The highest BCUT2D eigenvalue weighted by molar-refractivity contribution is 5.82. The highest BCUT2D eigenvalue weighted by Crippen LogP contribution is 2.32. The average molecular weight is 438 g/mol. The molecule has 3 heteroatoms. The maximum atomic E-state index is 10.1. The molecule has 33 heavy (non-hydrogen) atoms. The highest BCUT2D eigenvalue weighted by atomic mass is 16.5. The van der Waals surface area contributed by atoms with Crippen LogP contribution in [0.25, 0.3) is 21.9 Å². The normalized spacial score (nSPS) is 19.5. The molecular formula is C30H31NO2. The Morgan fingerprint density at radius 1 is 0.909 bits per heavy atom. The first-order valence-corrected chi connectivity index (χ1v) is 11.9. The molecule has 1 aliphatic heterocycles. The molecule has 2 N–H and O–H groups in total. The summed E-state index contributed by atoms with van der Waals surface area (Å²) in [7, 11) is 0. The molecule has 0 radical (unpaired) electrons. The molecule has 0 saturated carbocycles. The van der Waals surface area contributed by atoms with Crippen LogP contribution in [0.3, 0.4) is 0 Å². The van der Waals surface area contributed by atoms with Crippen LogP contribution in [0.15, 0.2) is 91.0 Å². The average Bonchev–Trinajstić information content (AvgIpc) is 2.87. The lowest BCUT2D eigenvalue weighted by Crippen LogP contribution is -2.40. The van der Waals surface area contributed by atoms with E-state index in [2.05, 4.69) is 78.1 Å². The van der Waals surface area contributed by atoms with Crippen molar-refractivity contribution in [2.75, 3.05) is 13.1 Å². The SMILES string of the molecule is CC(O)c1ccccc1-c1ccc(C2CCNCC2OCc2ccc3ccccc3c2)cc1. The van der Waals surface area contributed by atoms with E-state index in [0.29, 0.717) is 12.5 Å². The van der Waals surface area contributed by atoms with Crippen molar-refractivity contribution in [1.29, 1.82) is 0 Å². The number of hydrogen-bond donors (Lipinski definition) is 2. The smallest absolute Gasteiger partial charge is 0.0772 e. The molecule has 4 aromatic carbocycles. The number of aliphatic hydroxyl groups is 1. The van der Waals surface area contributed by atoms with Gasteiger partial charge in [-0.2, -0.15) is 0 Å². The minimum atomic E-state index is -0.488. The molecule has 1 saturated heterocycles. The molecule has 3 unspecified atom stereocenters. The van der Waals surface area contributed by atoms with Crippen molar-refractivity contribution in [1.82, 2.24) is 5.32 Å². The summed E-state index contributed by atoms with van der Waals surface area (Å²) in [5, 5.41) is 16.2. The van der Waals surface area contributed by atoms with E-state index in [-0.39, 0.29) is 6.10 Å². The molecule has 0 spiro atoms. The molecular weight excluding hydrogens is 406 g/mol. The minimum absolute atomic E-state index is 0.140. The van der Waals surface area contributed by atoms with E-state index < -0.39 is 6.10 Å². The van der Waals surface area contributed by atoms with E-state index >= 15 is 0 Å². The van der Waals surface area contributed by atoms with Gasteiger partial charge in [-0.1, -0.05) is 84.9 Å². The van der Waals surface area contributed by atoms with E-state index in [4.69, 9.17) is 4.74 Å². The van der Waals surface area contributed by atoms with Gasteiger partial charge in [-0.05, 0) is 64.5 Å². The van der Waals surface area contributed by atoms with Crippen LogP contribution < -0.4 is 5.32 Å². The molecule has 0 amide bonds. The van der Waals surface area contributed by atoms with Gasteiger partial charge in [0, 0.05) is 12.5 Å². The third-order valence-corrected chi connectivity index (χ3v) is 6.77. The molecule has 0 aliphatic carbocycles. The van der Waals surface area contributed by atoms with Gasteiger partial charge >= 0.3 is 0 Å². The fourth-order valence-corrected chi connectivity index (χ4v) is 4.95. The molecule has 3 nitrogen and oxygen atoms in total. The van der Waals surface area contributed by atoms with Gasteiger partial charge < -0.3 is 15.2 Å². The molecule has 0 aromatic heterocycles. The highest BCUT2D eigenvalue weighted by Gasteiger charge is 2.27. The van der Waals surface area contributed by atoms with E-state index in [9.17, 15) is 5.11 Å². The Balaban J connectivity index is 1.32. The van der Waals surface area contributed by atoms with Crippen LogP contribution in [-0.2, 0) is 11.3 Å². The molecule has 4 aromatic rings. The summed E-state index contributed by atoms with van der Waals surface area (Å²) in [6.45, 7) is 4.31. The van der Waals surface area contributed by atoms with Gasteiger partial charge in [0.25, 0.3) is 0 Å². The molecule has 168 valence electrons. The first kappa shape index (κ1) is 21.8. The lowest BCUT2D eigenvalue weighted by molar-refractivity contribution is 0.0107. The lowest BCUT2D eigenvalue weighted by atomic mass is 9.86.